The molecule has 0 radical (unpaired) electrons. The van der Waals surface area contributed by atoms with Gasteiger partial charge in [-0.1, -0.05) is 11.2 Å². The Morgan fingerprint density at radius 1 is 1.21 bits per heavy atom. The predicted octanol–water partition coefficient (Wildman–Crippen LogP) is 3.70. The van der Waals surface area contributed by atoms with Crippen molar-refractivity contribution in [2.45, 2.75) is 38.8 Å². The molecule has 0 amide bonds. The van der Waals surface area contributed by atoms with Crippen LogP contribution in [0.3, 0.4) is 0 Å². The Kier molecular flexibility index (Phi) is 4.40. The molecule has 3 aromatic rings. The number of aromatic nitrogens is 3. The average Bonchev–Trinajstić information content (AvgIpc) is 3.26. The summed E-state index contributed by atoms with van der Waals surface area (Å²) in [6.07, 6.45) is 6.83. The smallest absolute Gasteiger partial charge is 0.241 e. The molecule has 0 atom stereocenters. The Bertz CT molecular complexity index is 812. The van der Waals surface area contributed by atoms with E-state index < -0.39 is 0 Å². The summed E-state index contributed by atoms with van der Waals surface area (Å²) in [5.41, 5.74) is 4.10. The highest BCUT2D eigenvalue weighted by atomic mass is 32.1. The van der Waals surface area contributed by atoms with Gasteiger partial charge in [-0.15, -0.1) is 11.3 Å². The SMILES string of the molecule is CN(Cc1nc(-c2cccs2)no1)Cc1nccc2c1CCCC2. The lowest BCUT2D eigenvalue weighted by Crippen LogP contribution is -2.20. The van der Waals surface area contributed by atoms with Gasteiger partial charge in [-0.25, -0.2) is 0 Å². The fourth-order valence-electron chi connectivity index (χ4n) is 3.24. The summed E-state index contributed by atoms with van der Waals surface area (Å²) in [7, 11) is 2.07. The summed E-state index contributed by atoms with van der Waals surface area (Å²) in [6, 6.07) is 6.17. The first-order chi connectivity index (χ1) is 11.8. The summed E-state index contributed by atoms with van der Waals surface area (Å²) in [4.78, 5) is 12.3. The van der Waals surface area contributed by atoms with Gasteiger partial charge in [0, 0.05) is 12.7 Å². The number of nitrogens with zero attached hydrogens (tertiary/aromatic N) is 4. The van der Waals surface area contributed by atoms with Crippen LogP contribution >= 0.6 is 11.3 Å². The number of hydrogen-bond acceptors (Lipinski definition) is 6. The zero-order valence-corrected chi connectivity index (χ0v) is 14.6. The van der Waals surface area contributed by atoms with Crippen LogP contribution in [0.2, 0.25) is 0 Å². The van der Waals surface area contributed by atoms with Crippen LogP contribution in [0.25, 0.3) is 10.7 Å². The summed E-state index contributed by atoms with van der Waals surface area (Å²) in [5, 5.41) is 6.09. The molecule has 0 N–H and O–H groups in total. The molecule has 124 valence electrons. The Labute approximate surface area is 145 Å². The summed E-state index contributed by atoms with van der Waals surface area (Å²) in [6.45, 7) is 1.43. The van der Waals surface area contributed by atoms with Gasteiger partial charge in [-0.2, -0.15) is 4.98 Å². The van der Waals surface area contributed by atoms with E-state index in [0.29, 0.717) is 18.3 Å². The van der Waals surface area contributed by atoms with E-state index in [9.17, 15) is 0 Å². The predicted molar refractivity (Wildman–Crippen MR) is 93.7 cm³/mol. The van der Waals surface area contributed by atoms with Gasteiger partial charge in [0.2, 0.25) is 11.7 Å². The van der Waals surface area contributed by atoms with E-state index in [4.69, 9.17) is 4.52 Å². The molecular weight excluding hydrogens is 320 g/mol. The van der Waals surface area contributed by atoms with Crippen molar-refractivity contribution in [2.75, 3.05) is 7.05 Å². The van der Waals surface area contributed by atoms with Crippen LogP contribution < -0.4 is 0 Å². The van der Waals surface area contributed by atoms with Crippen LogP contribution in [0.4, 0.5) is 0 Å². The van der Waals surface area contributed by atoms with Crippen molar-refractivity contribution in [3.63, 3.8) is 0 Å². The number of hydrogen-bond donors (Lipinski definition) is 0. The normalized spacial score (nSPS) is 14.1. The molecule has 4 rings (SSSR count). The monoisotopic (exact) mass is 340 g/mol. The topological polar surface area (TPSA) is 55.1 Å². The molecule has 3 heterocycles. The molecule has 1 aliphatic carbocycles. The van der Waals surface area contributed by atoms with Crippen molar-refractivity contribution >= 4 is 11.3 Å². The van der Waals surface area contributed by atoms with Crippen LogP contribution in [-0.2, 0) is 25.9 Å². The number of thiophene rings is 1. The lowest BCUT2D eigenvalue weighted by molar-refractivity contribution is 0.258. The lowest BCUT2D eigenvalue weighted by Gasteiger charge is -2.21. The van der Waals surface area contributed by atoms with Crippen molar-refractivity contribution < 1.29 is 4.52 Å². The number of fused-ring (bicyclic) bond motifs is 1. The first-order valence-corrected chi connectivity index (χ1v) is 9.18. The van der Waals surface area contributed by atoms with Gasteiger partial charge in [-0.05, 0) is 61.4 Å². The van der Waals surface area contributed by atoms with Gasteiger partial charge in [-0.3, -0.25) is 9.88 Å². The first kappa shape index (κ1) is 15.5. The second-order valence-electron chi connectivity index (χ2n) is 6.26. The second kappa shape index (κ2) is 6.83. The zero-order chi connectivity index (χ0) is 16.4. The third kappa shape index (κ3) is 3.25. The van der Waals surface area contributed by atoms with Crippen LogP contribution in [0.5, 0.6) is 0 Å². The minimum absolute atomic E-state index is 0.629. The minimum Gasteiger partial charge on any atom is -0.338 e. The van der Waals surface area contributed by atoms with E-state index in [0.717, 1.165) is 17.8 Å². The van der Waals surface area contributed by atoms with Crippen molar-refractivity contribution in [3.8, 4) is 10.7 Å². The summed E-state index contributed by atoms with van der Waals surface area (Å²) in [5.74, 6) is 1.31. The number of rotatable bonds is 5. The van der Waals surface area contributed by atoms with Gasteiger partial charge in [0.25, 0.3) is 0 Å². The van der Waals surface area contributed by atoms with Gasteiger partial charge >= 0.3 is 0 Å². The average molecular weight is 340 g/mol. The van der Waals surface area contributed by atoms with Gasteiger partial charge in [0.15, 0.2) is 0 Å². The molecule has 0 spiro atoms. The summed E-state index contributed by atoms with van der Waals surface area (Å²) < 4.78 is 5.39. The Morgan fingerprint density at radius 2 is 2.12 bits per heavy atom. The van der Waals surface area contributed by atoms with Gasteiger partial charge in [0.05, 0.1) is 17.1 Å². The number of pyridine rings is 1. The van der Waals surface area contributed by atoms with Crippen LogP contribution in [0.15, 0.2) is 34.3 Å². The molecular formula is C18H20N4OS. The second-order valence-corrected chi connectivity index (χ2v) is 7.21. The van der Waals surface area contributed by atoms with E-state index in [1.807, 2.05) is 23.7 Å². The third-order valence-electron chi connectivity index (χ3n) is 4.40. The maximum absolute atomic E-state index is 5.39. The Balaban J connectivity index is 1.45. The van der Waals surface area contributed by atoms with Gasteiger partial charge in [0.1, 0.15) is 0 Å². The fourth-order valence-corrected chi connectivity index (χ4v) is 3.89. The van der Waals surface area contributed by atoms with Crippen LogP contribution in [0.1, 0.15) is 35.6 Å². The van der Waals surface area contributed by atoms with Crippen molar-refractivity contribution in [1.82, 2.24) is 20.0 Å². The molecule has 0 aliphatic heterocycles. The van der Waals surface area contributed by atoms with Crippen LogP contribution in [0, 0.1) is 0 Å². The molecule has 0 saturated heterocycles. The molecule has 3 aromatic heterocycles. The van der Waals surface area contributed by atoms with E-state index in [2.05, 4.69) is 33.1 Å². The molecule has 0 fully saturated rings. The largest absolute Gasteiger partial charge is 0.338 e. The standard InChI is InChI=1S/C18H20N4OS/c1-22(11-15-14-6-3-2-5-13(14)8-9-19-15)12-17-20-18(21-23-17)16-7-4-10-24-16/h4,7-10H,2-3,5-6,11-12H2,1H3. The van der Waals surface area contributed by atoms with Crippen molar-refractivity contribution in [3.05, 3.63) is 52.5 Å². The lowest BCUT2D eigenvalue weighted by atomic mass is 9.91. The highest BCUT2D eigenvalue weighted by molar-refractivity contribution is 7.13. The van der Waals surface area contributed by atoms with E-state index in [1.54, 1.807) is 11.3 Å². The molecule has 0 aromatic carbocycles. The highest BCUT2D eigenvalue weighted by Gasteiger charge is 2.17. The molecule has 1 aliphatic rings. The number of aryl methyl sites for hydroxylation is 1. The molecule has 0 bridgehead atoms. The molecule has 24 heavy (non-hydrogen) atoms. The Hall–Kier alpha value is -2.05. The molecule has 5 nitrogen and oxygen atoms in total. The maximum Gasteiger partial charge on any atom is 0.241 e. The highest BCUT2D eigenvalue weighted by Crippen LogP contribution is 2.24. The first-order valence-electron chi connectivity index (χ1n) is 8.30. The quantitative estimate of drug-likeness (QED) is 0.709. The van der Waals surface area contributed by atoms with Crippen molar-refractivity contribution in [1.29, 1.82) is 0 Å². The van der Waals surface area contributed by atoms with Crippen LogP contribution in [-0.4, -0.2) is 27.1 Å². The fraction of sp³-hybridized carbons (Fsp3) is 0.389. The molecule has 0 unspecified atom stereocenters. The van der Waals surface area contributed by atoms with Crippen molar-refractivity contribution in [2.24, 2.45) is 0 Å². The zero-order valence-electron chi connectivity index (χ0n) is 13.7. The van der Waals surface area contributed by atoms with E-state index in [-0.39, 0.29) is 0 Å². The third-order valence-corrected chi connectivity index (χ3v) is 5.27. The Morgan fingerprint density at radius 3 is 3.00 bits per heavy atom. The maximum atomic E-state index is 5.39. The van der Waals surface area contributed by atoms with E-state index >= 15 is 0 Å². The van der Waals surface area contributed by atoms with Gasteiger partial charge < -0.3 is 4.52 Å². The molecule has 6 heteroatoms. The molecule has 0 saturated carbocycles. The summed E-state index contributed by atoms with van der Waals surface area (Å²) >= 11 is 1.62. The minimum atomic E-state index is 0.629. The van der Waals surface area contributed by atoms with E-state index in [1.165, 1.54) is 36.1 Å².